The van der Waals surface area contributed by atoms with Gasteiger partial charge in [-0.2, -0.15) is 0 Å². The Hall–Kier alpha value is -2.43. The van der Waals surface area contributed by atoms with E-state index in [9.17, 15) is 22.0 Å². The maximum Gasteiger partial charge on any atom is 0.194 e. The summed E-state index contributed by atoms with van der Waals surface area (Å²) in [6.45, 7) is 8.07. The zero-order chi connectivity index (χ0) is 24.4. The van der Waals surface area contributed by atoms with Crippen molar-refractivity contribution < 1.29 is 22.0 Å². The molecule has 0 radical (unpaired) electrons. The number of aryl methyl sites for hydroxylation is 1. The van der Waals surface area contributed by atoms with Crippen molar-refractivity contribution in [3.63, 3.8) is 0 Å². The quantitative estimate of drug-likeness (QED) is 0.223. The number of benzene rings is 2. The van der Waals surface area contributed by atoms with Crippen LogP contribution in [0.5, 0.6) is 0 Å². The van der Waals surface area contributed by atoms with Crippen LogP contribution in [0.4, 0.5) is 22.0 Å². The van der Waals surface area contributed by atoms with Gasteiger partial charge in [0.2, 0.25) is 0 Å². The van der Waals surface area contributed by atoms with Crippen LogP contribution in [0.15, 0.2) is 43.0 Å². The SMILES string of the molecule is C=C(CCc1cc(F)c(F)c(F)c1)c1c(F)cc(C2CCC(C3CCCCC3=C)CC2)cc1F. The lowest BCUT2D eigenvalue weighted by Gasteiger charge is -2.37. The van der Waals surface area contributed by atoms with Crippen molar-refractivity contribution in [3.05, 3.63) is 88.8 Å². The van der Waals surface area contributed by atoms with E-state index in [1.807, 2.05) is 0 Å². The molecule has 0 N–H and O–H groups in total. The van der Waals surface area contributed by atoms with Crippen molar-refractivity contribution in [2.75, 3.05) is 0 Å². The Balaban J connectivity index is 1.40. The second kappa shape index (κ2) is 10.5. The molecule has 2 aliphatic rings. The lowest BCUT2D eigenvalue weighted by molar-refractivity contribution is 0.229. The van der Waals surface area contributed by atoms with Gasteiger partial charge in [0.1, 0.15) is 11.6 Å². The van der Waals surface area contributed by atoms with Gasteiger partial charge in [0.05, 0.1) is 0 Å². The maximum atomic E-state index is 15.0. The molecule has 2 fully saturated rings. The molecule has 0 bridgehead atoms. The fourth-order valence-corrected chi connectivity index (χ4v) is 5.87. The van der Waals surface area contributed by atoms with E-state index in [1.165, 1.54) is 37.0 Å². The van der Waals surface area contributed by atoms with Crippen LogP contribution < -0.4 is 0 Å². The molecule has 2 saturated carbocycles. The smallest absolute Gasteiger partial charge is 0.194 e. The van der Waals surface area contributed by atoms with E-state index < -0.39 is 29.1 Å². The molecule has 0 amide bonds. The van der Waals surface area contributed by atoms with Crippen molar-refractivity contribution >= 4 is 5.57 Å². The van der Waals surface area contributed by atoms with Crippen LogP contribution in [-0.2, 0) is 6.42 Å². The summed E-state index contributed by atoms with van der Waals surface area (Å²) >= 11 is 0. The molecule has 2 aliphatic carbocycles. The average molecular weight is 475 g/mol. The van der Waals surface area contributed by atoms with Gasteiger partial charge in [-0.3, -0.25) is 0 Å². The first-order valence-corrected chi connectivity index (χ1v) is 12.2. The predicted molar refractivity (Wildman–Crippen MR) is 126 cm³/mol. The fourth-order valence-electron chi connectivity index (χ4n) is 5.87. The molecule has 2 aromatic carbocycles. The largest absolute Gasteiger partial charge is 0.206 e. The molecule has 5 heteroatoms. The molecule has 1 unspecified atom stereocenters. The molecule has 2 aromatic rings. The standard InChI is InChI=1S/C29H31F5/c1-17-5-3-4-6-23(17)21-11-9-20(10-12-21)22-15-24(30)28(25(31)16-22)18(2)7-8-19-13-26(32)29(34)27(33)14-19/h13-16,20-21,23H,1-12H2. The number of hydrogen-bond donors (Lipinski definition) is 0. The molecular formula is C29H31F5. The summed E-state index contributed by atoms with van der Waals surface area (Å²) in [5.74, 6) is -4.10. The summed E-state index contributed by atoms with van der Waals surface area (Å²) in [5, 5.41) is 0. The lowest BCUT2D eigenvalue weighted by Crippen LogP contribution is -2.24. The maximum absolute atomic E-state index is 15.0. The second-order valence-corrected chi connectivity index (χ2v) is 9.96. The molecular weight excluding hydrogens is 443 g/mol. The first-order valence-electron chi connectivity index (χ1n) is 12.2. The predicted octanol–water partition coefficient (Wildman–Crippen LogP) is 9.05. The van der Waals surface area contributed by atoms with Crippen LogP contribution in [-0.4, -0.2) is 0 Å². The highest BCUT2D eigenvalue weighted by atomic mass is 19.2. The summed E-state index contributed by atoms with van der Waals surface area (Å²) in [5.41, 5.74) is 2.26. The zero-order valence-corrected chi connectivity index (χ0v) is 19.4. The van der Waals surface area contributed by atoms with Crippen LogP contribution in [0.1, 0.15) is 80.4 Å². The van der Waals surface area contributed by atoms with Crippen LogP contribution in [0.25, 0.3) is 5.57 Å². The summed E-state index contributed by atoms with van der Waals surface area (Å²) in [4.78, 5) is 0. The minimum absolute atomic E-state index is 0.0874. The van der Waals surface area contributed by atoms with E-state index >= 15 is 0 Å². The van der Waals surface area contributed by atoms with E-state index in [-0.39, 0.29) is 35.5 Å². The Bertz CT molecular complexity index is 1030. The Morgan fingerprint density at radius 3 is 2.00 bits per heavy atom. The van der Waals surface area contributed by atoms with Crippen molar-refractivity contribution in [1.29, 1.82) is 0 Å². The lowest BCUT2D eigenvalue weighted by atomic mass is 9.68. The third-order valence-electron chi connectivity index (χ3n) is 7.78. The molecule has 1 atom stereocenters. The highest BCUT2D eigenvalue weighted by Crippen LogP contribution is 2.45. The van der Waals surface area contributed by atoms with Crippen molar-refractivity contribution in [1.82, 2.24) is 0 Å². The molecule has 34 heavy (non-hydrogen) atoms. The van der Waals surface area contributed by atoms with Gasteiger partial charge in [0, 0.05) is 5.56 Å². The second-order valence-electron chi connectivity index (χ2n) is 9.96. The number of rotatable bonds is 6. The van der Waals surface area contributed by atoms with Crippen LogP contribution in [0, 0.1) is 40.9 Å². The summed E-state index contributed by atoms with van der Waals surface area (Å²) < 4.78 is 69.9. The van der Waals surface area contributed by atoms with E-state index in [2.05, 4.69) is 13.2 Å². The highest BCUT2D eigenvalue weighted by molar-refractivity contribution is 5.65. The van der Waals surface area contributed by atoms with Crippen LogP contribution >= 0.6 is 0 Å². The van der Waals surface area contributed by atoms with Crippen molar-refractivity contribution in [3.8, 4) is 0 Å². The van der Waals surface area contributed by atoms with Gasteiger partial charge < -0.3 is 0 Å². The average Bonchev–Trinajstić information content (AvgIpc) is 2.81. The van der Waals surface area contributed by atoms with E-state index in [0.29, 0.717) is 17.4 Å². The molecule has 0 aromatic heterocycles. The first kappa shape index (κ1) is 24.7. The number of allylic oxidation sites excluding steroid dienone is 2. The molecule has 0 saturated heterocycles. The fraction of sp³-hybridized carbons (Fsp3) is 0.448. The van der Waals surface area contributed by atoms with Crippen LogP contribution in [0.2, 0.25) is 0 Å². The molecule has 4 rings (SSSR count). The number of hydrogen-bond acceptors (Lipinski definition) is 0. The van der Waals surface area contributed by atoms with E-state index in [1.54, 1.807) is 0 Å². The summed E-state index contributed by atoms with van der Waals surface area (Å²) in [6.07, 6.45) is 8.94. The Morgan fingerprint density at radius 1 is 0.794 bits per heavy atom. The zero-order valence-electron chi connectivity index (χ0n) is 19.4. The Kier molecular flexibility index (Phi) is 7.59. The third-order valence-corrected chi connectivity index (χ3v) is 7.78. The van der Waals surface area contributed by atoms with E-state index in [0.717, 1.165) is 44.2 Å². The minimum Gasteiger partial charge on any atom is -0.206 e. The molecule has 182 valence electrons. The van der Waals surface area contributed by atoms with Gasteiger partial charge in [-0.1, -0.05) is 25.2 Å². The molecule has 0 aliphatic heterocycles. The van der Waals surface area contributed by atoms with E-state index in [4.69, 9.17) is 0 Å². The van der Waals surface area contributed by atoms with Crippen LogP contribution in [0.3, 0.4) is 0 Å². The molecule has 0 heterocycles. The number of halogens is 5. The normalized spacial score (nSPS) is 23.2. The first-order chi connectivity index (χ1) is 16.2. The van der Waals surface area contributed by atoms with Gasteiger partial charge in [-0.15, -0.1) is 0 Å². The summed E-state index contributed by atoms with van der Waals surface area (Å²) in [6, 6.07) is 4.59. The van der Waals surface area contributed by atoms with Gasteiger partial charge in [0.25, 0.3) is 0 Å². The summed E-state index contributed by atoms with van der Waals surface area (Å²) in [7, 11) is 0. The van der Waals surface area contributed by atoms with Gasteiger partial charge in [0.15, 0.2) is 17.5 Å². The van der Waals surface area contributed by atoms with Gasteiger partial charge in [-0.05, 0) is 117 Å². The van der Waals surface area contributed by atoms with Gasteiger partial charge >= 0.3 is 0 Å². The topological polar surface area (TPSA) is 0 Å². The Labute approximate surface area is 198 Å². The van der Waals surface area contributed by atoms with Crippen molar-refractivity contribution in [2.45, 2.75) is 70.1 Å². The highest BCUT2D eigenvalue weighted by Gasteiger charge is 2.31. The monoisotopic (exact) mass is 474 g/mol. The Morgan fingerprint density at radius 2 is 1.41 bits per heavy atom. The molecule has 0 nitrogen and oxygen atoms in total. The molecule has 0 spiro atoms. The minimum atomic E-state index is -1.53. The van der Waals surface area contributed by atoms with Gasteiger partial charge in [-0.25, -0.2) is 22.0 Å². The van der Waals surface area contributed by atoms with Crippen molar-refractivity contribution in [2.24, 2.45) is 11.8 Å². The third kappa shape index (κ3) is 5.29.